The van der Waals surface area contributed by atoms with Crippen molar-refractivity contribution in [2.75, 3.05) is 37.2 Å². The number of amides is 1. The maximum atomic E-state index is 12.4. The van der Waals surface area contributed by atoms with Gasteiger partial charge in [0.1, 0.15) is 5.82 Å². The number of nitrogen functional groups attached to an aromatic ring is 1. The molecule has 1 saturated heterocycles. The second-order valence-electron chi connectivity index (χ2n) is 6.82. The Hall–Kier alpha value is -3.46. The molecular formula is C20H23N7O2. The van der Waals surface area contributed by atoms with Crippen LogP contribution in [0.25, 0.3) is 0 Å². The maximum absolute atomic E-state index is 12.4. The number of nitrogens with zero attached hydrogens (tertiary/aromatic N) is 5. The zero-order valence-electron chi connectivity index (χ0n) is 16.0. The van der Waals surface area contributed by atoms with Gasteiger partial charge in [-0.3, -0.25) is 9.69 Å². The molecule has 4 rings (SSSR count). The number of hydrogen-bond donors (Lipinski definition) is 2. The van der Waals surface area contributed by atoms with Crippen molar-refractivity contribution in [3.8, 4) is 0 Å². The van der Waals surface area contributed by atoms with Crippen molar-refractivity contribution in [3.63, 3.8) is 0 Å². The molecule has 1 fully saturated rings. The predicted molar refractivity (Wildman–Crippen MR) is 108 cm³/mol. The molecule has 1 amide bonds. The van der Waals surface area contributed by atoms with Crippen molar-refractivity contribution < 1.29 is 9.21 Å². The highest BCUT2D eigenvalue weighted by atomic mass is 16.3. The topological polar surface area (TPSA) is 113 Å². The average Bonchev–Trinajstić information content (AvgIpc) is 3.28. The predicted octanol–water partition coefficient (Wildman–Crippen LogP) is 1.62. The molecule has 2 aromatic heterocycles. The van der Waals surface area contributed by atoms with E-state index in [1.807, 2.05) is 30.3 Å². The van der Waals surface area contributed by atoms with Gasteiger partial charge in [0, 0.05) is 32.7 Å². The summed E-state index contributed by atoms with van der Waals surface area (Å²) in [5.74, 6) is 1.56. The lowest BCUT2D eigenvalue weighted by molar-refractivity contribution is 0.0595. The largest absolute Gasteiger partial charge is 0.459 e. The third-order valence-electron chi connectivity index (χ3n) is 4.75. The molecule has 3 N–H and O–H groups in total. The Kier molecular flexibility index (Phi) is 5.66. The monoisotopic (exact) mass is 393 g/mol. The normalized spacial score (nSPS) is 14.7. The molecule has 9 heteroatoms. The zero-order valence-corrected chi connectivity index (χ0v) is 16.0. The summed E-state index contributed by atoms with van der Waals surface area (Å²) >= 11 is 0. The van der Waals surface area contributed by atoms with Gasteiger partial charge in [-0.15, -0.1) is 0 Å². The molecule has 3 heterocycles. The van der Waals surface area contributed by atoms with E-state index in [4.69, 9.17) is 10.2 Å². The number of benzene rings is 1. The van der Waals surface area contributed by atoms with Crippen molar-refractivity contribution in [3.05, 3.63) is 65.9 Å². The summed E-state index contributed by atoms with van der Waals surface area (Å²) < 4.78 is 5.20. The van der Waals surface area contributed by atoms with Crippen LogP contribution in [0.5, 0.6) is 0 Å². The minimum atomic E-state index is -0.0774. The fourth-order valence-corrected chi connectivity index (χ4v) is 3.23. The van der Waals surface area contributed by atoms with Gasteiger partial charge in [-0.1, -0.05) is 30.3 Å². The van der Waals surface area contributed by atoms with Crippen LogP contribution in [0.3, 0.4) is 0 Å². The number of hydrogen-bond acceptors (Lipinski definition) is 8. The Morgan fingerprint density at radius 1 is 1.03 bits per heavy atom. The third-order valence-corrected chi connectivity index (χ3v) is 4.75. The van der Waals surface area contributed by atoms with Gasteiger partial charge in [-0.25, -0.2) is 0 Å². The van der Waals surface area contributed by atoms with Crippen LogP contribution in [0, 0.1) is 0 Å². The van der Waals surface area contributed by atoms with Gasteiger partial charge in [0.05, 0.1) is 12.8 Å². The molecule has 1 aliphatic heterocycles. The van der Waals surface area contributed by atoms with E-state index in [9.17, 15) is 4.79 Å². The van der Waals surface area contributed by atoms with Crippen LogP contribution in [-0.2, 0) is 13.1 Å². The van der Waals surface area contributed by atoms with Crippen LogP contribution in [-0.4, -0.2) is 56.8 Å². The quantitative estimate of drug-likeness (QED) is 0.649. The first-order valence-electron chi connectivity index (χ1n) is 9.51. The van der Waals surface area contributed by atoms with E-state index in [1.54, 1.807) is 17.0 Å². The molecule has 29 heavy (non-hydrogen) atoms. The first-order valence-corrected chi connectivity index (χ1v) is 9.51. The number of rotatable bonds is 6. The fourth-order valence-electron chi connectivity index (χ4n) is 3.23. The number of anilines is 2. The number of piperazine rings is 1. The van der Waals surface area contributed by atoms with Crippen molar-refractivity contribution in [1.82, 2.24) is 24.8 Å². The summed E-state index contributed by atoms with van der Waals surface area (Å²) in [6.07, 6.45) is 1.51. The van der Waals surface area contributed by atoms with Gasteiger partial charge in [-0.05, 0) is 17.7 Å². The molecule has 1 aliphatic rings. The van der Waals surface area contributed by atoms with Crippen LogP contribution in [0.1, 0.15) is 21.9 Å². The number of carbonyl (C=O) groups is 1. The van der Waals surface area contributed by atoms with E-state index >= 15 is 0 Å². The molecule has 150 valence electrons. The van der Waals surface area contributed by atoms with E-state index in [1.165, 1.54) is 6.26 Å². The molecule has 0 atom stereocenters. The number of nitrogens with two attached hydrogens (primary N) is 1. The van der Waals surface area contributed by atoms with Gasteiger partial charge in [0.2, 0.25) is 11.9 Å². The lowest BCUT2D eigenvalue weighted by Gasteiger charge is -2.33. The molecule has 9 nitrogen and oxygen atoms in total. The second kappa shape index (κ2) is 8.70. The van der Waals surface area contributed by atoms with Crippen LogP contribution in [0.2, 0.25) is 0 Å². The Labute approximate surface area is 168 Å². The Morgan fingerprint density at radius 2 is 1.83 bits per heavy atom. The molecule has 1 aromatic carbocycles. The SMILES string of the molecule is Nc1nc(CN2CCN(C(=O)c3ccco3)CC2)nc(NCc2ccccc2)n1. The van der Waals surface area contributed by atoms with Crippen molar-refractivity contribution in [2.45, 2.75) is 13.1 Å². The maximum Gasteiger partial charge on any atom is 0.289 e. The molecule has 0 unspecified atom stereocenters. The molecule has 0 bridgehead atoms. The van der Waals surface area contributed by atoms with Gasteiger partial charge in [-0.2, -0.15) is 15.0 Å². The number of aromatic nitrogens is 3. The average molecular weight is 393 g/mol. The first-order chi connectivity index (χ1) is 14.2. The molecular weight excluding hydrogens is 370 g/mol. The van der Waals surface area contributed by atoms with Crippen molar-refractivity contribution in [2.24, 2.45) is 0 Å². The van der Waals surface area contributed by atoms with Crippen LogP contribution in [0.4, 0.5) is 11.9 Å². The van der Waals surface area contributed by atoms with Gasteiger partial charge in [0.15, 0.2) is 5.76 Å². The van der Waals surface area contributed by atoms with Gasteiger partial charge < -0.3 is 20.4 Å². The number of carbonyl (C=O) groups excluding carboxylic acids is 1. The third kappa shape index (κ3) is 4.88. The van der Waals surface area contributed by atoms with E-state index in [0.717, 1.165) is 18.7 Å². The standard InChI is InChI=1S/C20H23N7O2/c21-19-23-17(24-20(25-19)22-13-15-5-2-1-3-6-15)14-26-8-10-27(11-9-26)18(28)16-7-4-12-29-16/h1-7,12H,8-11,13-14H2,(H3,21,22,23,24,25). The Balaban J connectivity index is 1.32. The number of furan rings is 1. The van der Waals surface area contributed by atoms with E-state index in [2.05, 4.69) is 25.2 Å². The summed E-state index contributed by atoms with van der Waals surface area (Å²) in [5.41, 5.74) is 7.00. The highest BCUT2D eigenvalue weighted by Gasteiger charge is 2.24. The van der Waals surface area contributed by atoms with Gasteiger partial charge in [0.25, 0.3) is 5.91 Å². The zero-order chi connectivity index (χ0) is 20.1. The summed E-state index contributed by atoms with van der Waals surface area (Å²) in [4.78, 5) is 29.3. The van der Waals surface area contributed by atoms with Crippen molar-refractivity contribution >= 4 is 17.8 Å². The summed E-state index contributed by atoms with van der Waals surface area (Å²) in [6, 6.07) is 13.4. The summed E-state index contributed by atoms with van der Waals surface area (Å²) in [7, 11) is 0. The first kappa shape index (κ1) is 18.9. The fraction of sp³-hybridized carbons (Fsp3) is 0.300. The number of nitrogens with one attached hydrogen (secondary N) is 1. The van der Waals surface area contributed by atoms with Gasteiger partial charge >= 0.3 is 0 Å². The molecule has 3 aromatic rings. The van der Waals surface area contributed by atoms with E-state index < -0.39 is 0 Å². The minimum Gasteiger partial charge on any atom is -0.459 e. The summed E-state index contributed by atoms with van der Waals surface area (Å²) in [5, 5.41) is 3.19. The van der Waals surface area contributed by atoms with Crippen LogP contribution < -0.4 is 11.1 Å². The van der Waals surface area contributed by atoms with Crippen LogP contribution >= 0.6 is 0 Å². The smallest absolute Gasteiger partial charge is 0.289 e. The Bertz CT molecular complexity index is 939. The molecule has 0 spiro atoms. The minimum absolute atomic E-state index is 0.0774. The van der Waals surface area contributed by atoms with Crippen LogP contribution in [0.15, 0.2) is 53.1 Å². The van der Waals surface area contributed by atoms with E-state index in [-0.39, 0.29) is 11.9 Å². The van der Waals surface area contributed by atoms with Crippen molar-refractivity contribution in [1.29, 1.82) is 0 Å². The molecule has 0 saturated carbocycles. The molecule has 0 aliphatic carbocycles. The van der Waals surface area contributed by atoms with E-state index in [0.29, 0.717) is 43.7 Å². The lowest BCUT2D eigenvalue weighted by Crippen LogP contribution is -2.48. The Morgan fingerprint density at radius 3 is 2.55 bits per heavy atom. The highest BCUT2D eigenvalue weighted by molar-refractivity contribution is 5.91. The lowest BCUT2D eigenvalue weighted by atomic mass is 10.2. The summed E-state index contributed by atoms with van der Waals surface area (Å²) in [6.45, 7) is 3.86. The second-order valence-corrected chi connectivity index (χ2v) is 6.82. The highest BCUT2D eigenvalue weighted by Crippen LogP contribution is 2.12. The molecule has 0 radical (unpaired) electrons.